The Labute approximate surface area is 134 Å². The molecule has 4 nitrogen and oxygen atoms in total. The average molecular weight is 315 g/mol. The van der Waals surface area contributed by atoms with Crippen LogP contribution in [-0.2, 0) is 4.79 Å². The predicted octanol–water partition coefficient (Wildman–Crippen LogP) is 2.69. The lowest BCUT2D eigenvalue weighted by Crippen LogP contribution is -2.35. The monoisotopic (exact) mass is 314 g/mol. The van der Waals surface area contributed by atoms with Crippen LogP contribution in [0.5, 0.6) is 5.75 Å². The van der Waals surface area contributed by atoms with Gasteiger partial charge in [0.25, 0.3) is 0 Å². The van der Waals surface area contributed by atoms with E-state index >= 15 is 0 Å². The third-order valence-corrected chi connectivity index (χ3v) is 3.11. The van der Waals surface area contributed by atoms with Gasteiger partial charge in [-0.15, -0.1) is 12.4 Å². The lowest BCUT2D eigenvalue weighted by Gasteiger charge is -2.18. The van der Waals surface area contributed by atoms with Gasteiger partial charge in [0.1, 0.15) is 11.9 Å². The zero-order valence-electron chi connectivity index (χ0n) is 13.1. The fourth-order valence-corrected chi connectivity index (χ4v) is 1.89. The van der Waals surface area contributed by atoms with E-state index in [4.69, 9.17) is 4.74 Å². The maximum absolute atomic E-state index is 11.7. The summed E-state index contributed by atoms with van der Waals surface area (Å²) in [5.74, 6) is 0.952. The number of aryl methyl sites for hydroxylation is 1. The topological polar surface area (TPSA) is 50.4 Å². The van der Waals surface area contributed by atoms with Gasteiger partial charge in [0.15, 0.2) is 0 Å². The quantitative estimate of drug-likeness (QED) is 0.689. The molecule has 0 saturated heterocycles. The molecule has 0 bridgehead atoms. The predicted molar refractivity (Wildman–Crippen MR) is 89.3 cm³/mol. The standard InChI is InChI=1S/C16H26N2O2.ClH/c1-4-14(12-18-16(19)9-6-10-17-3)20-15-8-5-7-13(2)11-15;/h5,7-8,11,14,17H,4,6,9-10,12H2,1-3H3,(H,18,19);1H. The van der Waals surface area contributed by atoms with Crippen LogP contribution in [0.1, 0.15) is 31.7 Å². The molecular formula is C16H27ClN2O2. The molecule has 0 aliphatic heterocycles. The van der Waals surface area contributed by atoms with E-state index in [-0.39, 0.29) is 24.4 Å². The molecule has 0 aromatic heterocycles. The van der Waals surface area contributed by atoms with Crippen molar-refractivity contribution in [3.63, 3.8) is 0 Å². The number of hydrogen-bond donors (Lipinski definition) is 2. The lowest BCUT2D eigenvalue weighted by atomic mass is 10.2. The molecule has 0 radical (unpaired) electrons. The molecule has 0 saturated carbocycles. The SMILES string of the molecule is CCC(CNC(=O)CCCNC)Oc1cccc(C)c1.Cl. The summed E-state index contributed by atoms with van der Waals surface area (Å²) in [6, 6.07) is 7.98. The molecule has 1 amide bonds. The first kappa shape index (κ1) is 19.7. The Morgan fingerprint density at radius 2 is 2.14 bits per heavy atom. The van der Waals surface area contributed by atoms with Crippen molar-refractivity contribution in [2.45, 2.75) is 39.2 Å². The Kier molecular flexibility index (Phi) is 10.7. The molecule has 1 aromatic carbocycles. The van der Waals surface area contributed by atoms with Gasteiger partial charge in [0.05, 0.1) is 6.54 Å². The molecule has 0 spiro atoms. The Balaban J connectivity index is 0.00000400. The van der Waals surface area contributed by atoms with Crippen LogP contribution in [-0.4, -0.2) is 32.1 Å². The molecule has 0 heterocycles. The van der Waals surface area contributed by atoms with Crippen LogP contribution < -0.4 is 15.4 Å². The highest BCUT2D eigenvalue weighted by molar-refractivity contribution is 5.85. The van der Waals surface area contributed by atoms with E-state index in [2.05, 4.69) is 17.6 Å². The van der Waals surface area contributed by atoms with Crippen LogP contribution in [0.4, 0.5) is 0 Å². The molecule has 0 aliphatic carbocycles. The lowest BCUT2D eigenvalue weighted by molar-refractivity contribution is -0.121. The van der Waals surface area contributed by atoms with Crippen LogP contribution in [0.25, 0.3) is 0 Å². The second-order valence-electron chi connectivity index (χ2n) is 4.98. The Bertz CT molecular complexity index is 413. The highest BCUT2D eigenvalue weighted by Gasteiger charge is 2.10. The van der Waals surface area contributed by atoms with Crippen molar-refractivity contribution in [3.05, 3.63) is 29.8 Å². The second-order valence-corrected chi connectivity index (χ2v) is 4.98. The van der Waals surface area contributed by atoms with Gasteiger partial charge in [-0.3, -0.25) is 4.79 Å². The van der Waals surface area contributed by atoms with Gasteiger partial charge in [0, 0.05) is 6.42 Å². The van der Waals surface area contributed by atoms with E-state index < -0.39 is 0 Å². The second kappa shape index (κ2) is 11.4. The summed E-state index contributed by atoms with van der Waals surface area (Å²) in [4.78, 5) is 11.7. The van der Waals surface area contributed by atoms with Crippen molar-refractivity contribution in [2.75, 3.05) is 20.1 Å². The number of halogens is 1. The molecular weight excluding hydrogens is 288 g/mol. The number of carbonyl (C=O) groups excluding carboxylic acids is 1. The summed E-state index contributed by atoms with van der Waals surface area (Å²) >= 11 is 0. The summed E-state index contributed by atoms with van der Waals surface area (Å²) in [7, 11) is 1.89. The highest BCUT2D eigenvalue weighted by atomic mass is 35.5. The van der Waals surface area contributed by atoms with Crippen LogP contribution in [0.3, 0.4) is 0 Å². The third-order valence-electron chi connectivity index (χ3n) is 3.11. The number of amides is 1. The maximum Gasteiger partial charge on any atom is 0.220 e. The van der Waals surface area contributed by atoms with E-state index in [1.54, 1.807) is 0 Å². The average Bonchev–Trinajstić information content (AvgIpc) is 2.43. The van der Waals surface area contributed by atoms with E-state index in [0.717, 1.165) is 25.1 Å². The normalized spacial score (nSPS) is 11.4. The number of ether oxygens (including phenoxy) is 1. The van der Waals surface area contributed by atoms with Crippen LogP contribution in [0.2, 0.25) is 0 Å². The number of nitrogens with one attached hydrogen (secondary N) is 2. The molecule has 5 heteroatoms. The number of rotatable bonds is 9. The summed E-state index contributed by atoms with van der Waals surface area (Å²) in [6.45, 7) is 5.53. The fraction of sp³-hybridized carbons (Fsp3) is 0.562. The zero-order valence-corrected chi connectivity index (χ0v) is 14.0. The van der Waals surface area contributed by atoms with Crippen molar-refractivity contribution in [3.8, 4) is 5.75 Å². The van der Waals surface area contributed by atoms with Gasteiger partial charge in [-0.25, -0.2) is 0 Å². The minimum absolute atomic E-state index is 0. The van der Waals surface area contributed by atoms with E-state index in [1.165, 1.54) is 5.56 Å². The molecule has 1 atom stereocenters. The molecule has 120 valence electrons. The number of hydrogen-bond acceptors (Lipinski definition) is 3. The Hall–Kier alpha value is -1.26. The Morgan fingerprint density at radius 1 is 1.38 bits per heavy atom. The molecule has 2 N–H and O–H groups in total. The molecule has 1 unspecified atom stereocenters. The first-order chi connectivity index (χ1) is 9.65. The van der Waals surface area contributed by atoms with Gasteiger partial charge in [-0.05, 0) is 51.1 Å². The summed E-state index contributed by atoms with van der Waals surface area (Å²) in [5.41, 5.74) is 1.17. The van der Waals surface area contributed by atoms with Crippen LogP contribution >= 0.6 is 12.4 Å². The minimum atomic E-state index is 0. The zero-order chi connectivity index (χ0) is 14.8. The van der Waals surface area contributed by atoms with Gasteiger partial charge in [0.2, 0.25) is 5.91 Å². The van der Waals surface area contributed by atoms with Gasteiger partial charge in [-0.1, -0.05) is 19.1 Å². The maximum atomic E-state index is 11.7. The first-order valence-corrected chi connectivity index (χ1v) is 7.30. The van der Waals surface area contributed by atoms with E-state index in [1.807, 2.05) is 38.2 Å². The van der Waals surface area contributed by atoms with E-state index in [9.17, 15) is 4.79 Å². The van der Waals surface area contributed by atoms with Crippen molar-refractivity contribution in [1.82, 2.24) is 10.6 Å². The van der Waals surface area contributed by atoms with Gasteiger partial charge in [-0.2, -0.15) is 0 Å². The van der Waals surface area contributed by atoms with Gasteiger partial charge >= 0.3 is 0 Å². The summed E-state index contributed by atoms with van der Waals surface area (Å²) in [5, 5.41) is 5.97. The first-order valence-electron chi connectivity index (χ1n) is 7.30. The minimum Gasteiger partial charge on any atom is -0.489 e. The molecule has 21 heavy (non-hydrogen) atoms. The smallest absolute Gasteiger partial charge is 0.220 e. The van der Waals surface area contributed by atoms with Crippen LogP contribution in [0, 0.1) is 6.92 Å². The molecule has 0 fully saturated rings. The largest absolute Gasteiger partial charge is 0.489 e. The summed E-state index contributed by atoms with van der Waals surface area (Å²) in [6.07, 6.45) is 2.30. The summed E-state index contributed by atoms with van der Waals surface area (Å²) < 4.78 is 5.89. The fourth-order valence-electron chi connectivity index (χ4n) is 1.89. The molecule has 0 aliphatic rings. The highest BCUT2D eigenvalue weighted by Crippen LogP contribution is 2.15. The van der Waals surface area contributed by atoms with E-state index in [0.29, 0.717) is 13.0 Å². The van der Waals surface area contributed by atoms with Crippen molar-refractivity contribution in [1.29, 1.82) is 0 Å². The number of carbonyl (C=O) groups is 1. The van der Waals surface area contributed by atoms with Crippen molar-refractivity contribution in [2.24, 2.45) is 0 Å². The third kappa shape index (κ3) is 8.58. The van der Waals surface area contributed by atoms with Crippen molar-refractivity contribution < 1.29 is 9.53 Å². The van der Waals surface area contributed by atoms with Crippen molar-refractivity contribution >= 4 is 18.3 Å². The molecule has 1 rings (SSSR count). The Morgan fingerprint density at radius 3 is 2.76 bits per heavy atom. The molecule has 1 aromatic rings. The van der Waals surface area contributed by atoms with Crippen LogP contribution in [0.15, 0.2) is 24.3 Å². The number of benzene rings is 1. The van der Waals surface area contributed by atoms with Gasteiger partial charge < -0.3 is 15.4 Å².